The second-order valence-electron chi connectivity index (χ2n) is 6.63. The van der Waals surface area contributed by atoms with Crippen molar-refractivity contribution >= 4 is 21.8 Å². The van der Waals surface area contributed by atoms with E-state index in [1.54, 1.807) is 10.9 Å². The summed E-state index contributed by atoms with van der Waals surface area (Å²) in [6.45, 7) is 4.92. The number of hydrogen-bond donors (Lipinski definition) is 1. The summed E-state index contributed by atoms with van der Waals surface area (Å²) in [5.41, 5.74) is 3.19. The number of fused-ring (bicyclic) bond motifs is 1. The lowest BCUT2D eigenvalue weighted by Crippen LogP contribution is -2.27. The van der Waals surface area contributed by atoms with Gasteiger partial charge in [-0.2, -0.15) is 5.10 Å². The number of carbonyl (C=O) groups is 1. The first-order valence-electron chi connectivity index (χ1n) is 9.04. The Morgan fingerprint density at radius 3 is 2.61 bits per heavy atom. The topological polar surface area (TPSA) is 65.4 Å². The van der Waals surface area contributed by atoms with Gasteiger partial charge in [0.2, 0.25) is 0 Å². The highest BCUT2D eigenvalue weighted by molar-refractivity contribution is 9.10. The van der Waals surface area contributed by atoms with Gasteiger partial charge in [-0.1, -0.05) is 22.0 Å². The van der Waals surface area contributed by atoms with Gasteiger partial charge in [0, 0.05) is 4.47 Å². The lowest BCUT2D eigenvalue weighted by Gasteiger charge is -2.21. The van der Waals surface area contributed by atoms with E-state index >= 15 is 0 Å². The van der Waals surface area contributed by atoms with Crippen molar-refractivity contribution in [3.63, 3.8) is 0 Å². The Hall–Kier alpha value is -2.80. The van der Waals surface area contributed by atoms with Crippen LogP contribution in [0.3, 0.4) is 0 Å². The molecule has 1 aliphatic rings. The smallest absolute Gasteiger partial charge is 0.255 e. The SMILES string of the molecule is Cc1c(C(=O)NC(C)c2ccc3c(c2)OCCO3)cnn1-c1ccc(Br)cc1. The van der Waals surface area contributed by atoms with Crippen molar-refractivity contribution in [2.45, 2.75) is 19.9 Å². The molecule has 0 saturated carbocycles. The first kappa shape index (κ1) is 18.6. The van der Waals surface area contributed by atoms with Crippen LogP contribution >= 0.6 is 15.9 Å². The lowest BCUT2D eigenvalue weighted by molar-refractivity contribution is 0.0939. The number of halogens is 1. The molecule has 0 saturated heterocycles. The Morgan fingerprint density at radius 2 is 1.86 bits per heavy atom. The van der Waals surface area contributed by atoms with Crippen LogP contribution < -0.4 is 14.8 Å². The van der Waals surface area contributed by atoms with Crippen LogP contribution in [-0.4, -0.2) is 28.9 Å². The Kier molecular flexibility index (Phi) is 5.09. The molecule has 1 aromatic heterocycles. The van der Waals surface area contributed by atoms with Gasteiger partial charge in [-0.3, -0.25) is 4.79 Å². The molecule has 1 amide bonds. The van der Waals surface area contributed by atoms with Crippen molar-refractivity contribution in [1.82, 2.24) is 15.1 Å². The monoisotopic (exact) mass is 441 g/mol. The highest BCUT2D eigenvalue weighted by atomic mass is 79.9. The maximum absolute atomic E-state index is 12.8. The summed E-state index contributed by atoms with van der Waals surface area (Å²) in [4.78, 5) is 12.8. The van der Waals surface area contributed by atoms with Gasteiger partial charge in [0.25, 0.3) is 5.91 Å². The van der Waals surface area contributed by atoms with Gasteiger partial charge in [0.15, 0.2) is 11.5 Å². The minimum absolute atomic E-state index is 0.164. The molecule has 7 heteroatoms. The number of hydrogen-bond acceptors (Lipinski definition) is 4. The van der Waals surface area contributed by atoms with Crippen LogP contribution in [0.5, 0.6) is 11.5 Å². The molecule has 0 aliphatic carbocycles. The van der Waals surface area contributed by atoms with Crippen molar-refractivity contribution in [1.29, 1.82) is 0 Å². The molecule has 0 fully saturated rings. The van der Waals surface area contributed by atoms with E-state index in [0.717, 1.165) is 27.2 Å². The van der Waals surface area contributed by atoms with Gasteiger partial charge in [0.1, 0.15) is 13.2 Å². The molecule has 1 atom stereocenters. The van der Waals surface area contributed by atoms with Crippen LogP contribution in [0.1, 0.15) is 34.6 Å². The number of nitrogens with one attached hydrogen (secondary N) is 1. The molecule has 0 radical (unpaired) electrons. The van der Waals surface area contributed by atoms with Gasteiger partial charge in [0.05, 0.1) is 29.2 Å². The van der Waals surface area contributed by atoms with Crippen molar-refractivity contribution in [2.24, 2.45) is 0 Å². The Bertz CT molecular complexity index is 1010. The minimum Gasteiger partial charge on any atom is -0.486 e. The molecule has 1 N–H and O–H groups in total. The van der Waals surface area contributed by atoms with E-state index in [9.17, 15) is 4.79 Å². The van der Waals surface area contributed by atoms with Gasteiger partial charge in [-0.25, -0.2) is 4.68 Å². The third-order valence-electron chi connectivity index (χ3n) is 4.74. The normalized spacial score (nSPS) is 13.8. The molecule has 2 aromatic carbocycles. The lowest BCUT2D eigenvalue weighted by atomic mass is 10.1. The van der Waals surface area contributed by atoms with Crippen LogP contribution in [0, 0.1) is 6.92 Å². The van der Waals surface area contributed by atoms with Crippen LogP contribution in [0.2, 0.25) is 0 Å². The zero-order valence-electron chi connectivity index (χ0n) is 15.6. The van der Waals surface area contributed by atoms with E-state index in [2.05, 4.69) is 26.3 Å². The zero-order chi connectivity index (χ0) is 19.7. The fourth-order valence-electron chi connectivity index (χ4n) is 3.16. The van der Waals surface area contributed by atoms with Crippen LogP contribution in [-0.2, 0) is 0 Å². The second-order valence-corrected chi connectivity index (χ2v) is 7.55. The third kappa shape index (κ3) is 3.62. The van der Waals surface area contributed by atoms with E-state index in [1.807, 2.05) is 56.3 Å². The standard InChI is InChI=1S/C21H20BrN3O3/c1-13(15-3-8-19-20(11-15)28-10-9-27-19)24-21(26)18-12-23-25(14(18)2)17-6-4-16(22)5-7-17/h3-8,11-13H,9-10H2,1-2H3,(H,24,26). The molecule has 3 aromatic rings. The van der Waals surface area contributed by atoms with Crippen molar-refractivity contribution in [3.8, 4) is 17.2 Å². The molecule has 144 valence electrons. The third-order valence-corrected chi connectivity index (χ3v) is 5.27. The predicted molar refractivity (Wildman–Crippen MR) is 109 cm³/mol. The van der Waals surface area contributed by atoms with Crippen LogP contribution in [0.15, 0.2) is 53.1 Å². The summed E-state index contributed by atoms with van der Waals surface area (Å²) in [7, 11) is 0. The Morgan fingerprint density at radius 1 is 1.14 bits per heavy atom. The fraction of sp³-hybridized carbons (Fsp3) is 0.238. The average Bonchev–Trinajstić information content (AvgIpc) is 3.09. The Labute approximate surface area is 171 Å². The van der Waals surface area contributed by atoms with E-state index in [0.29, 0.717) is 24.5 Å². The minimum atomic E-state index is -0.182. The van der Waals surface area contributed by atoms with Crippen molar-refractivity contribution in [2.75, 3.05) is 13.2 Å². The first-order chi connectivity index (χ1) is 13.5. The molecule has 2 heterocycles. The number of benzene rings is 2. The first-order valence-corrected chi connectivity index (χ1v) is 9.83. The van der Waals surface area contributed by atoms with E-state index in [-0.39, 0.29) is 11.9 Å². The number of amides is 1. The quantitative estimate of drug-likeness (QED) is 0.658. The zero-order valence-corrected chi connectivity index (χ0v) is 17.2. The highest BCUT2D eigenvalue weighted by Crippen LogP contribution is 2.32. The maximum Gasteiger partial charge on any atom is 0.255 e. The van der Waals surface area contributed by atoms with Crippen LogP contribution in [0.25, 0.3) is 5.69 Å². The molecule has 1 aliphatic heterocycles. The molecule has 28 heavy (non-hydrogen) atoms. The van der Waals surface area contributed by atoms with Gasteiger partial charge in [-0.05, 0) is 55.8 Å². The Balaban J connectivity index is 1.51. The summed E-state index contributed by atoms with van der Waals surface area (Å²) in [6, 6.07) is 13.3. The van der Waals surface area contributed by atoms with E-state index in [1.165, 1.54) is 0 Å². The molecule has 6 nitrogen and oxygen atoms in total. The van der Waals surface area contributed by atoms with Gasteiger partial charge in [-0.15, -0.1) is 0 Å². The number of rotatable bonds is 4. The molecule has 4 rings (SSSR count). The number of nitrogens with zero attached hydrogens (tertiary/aromatic N) is 2. The summed E-state index contributed by atoms with van der Waals surface area (Å²) in [5, 5.41) is 7.42. The summed E-state index contributed by atoms with van der Waals surface area (Å²) < 4.78 is 13.9. The number of ether oxygens (including phenoxy) is 2. The number of aromatic nitrogens is 2. The fourth-order valence-corrected chi connectivity index (χ4v) is 3.43. The van der Waals surface area contributed by atoms with Crippen molar-refractivity contribution < 1.29 is 14.3 Å². The van der Waals surface area contributed by atoms with Crippen LogP contribution in [0.4, 0.5) is 0 Å². The van der Waals surface area contributed by atoms with Gasteiger partial charge >= 0.3 is 0 Å². The second kappa shape index (κ2) is 7.67. The molecule has 0 bridgehead atoms. The highest BCUT2D eigenvalue weighted by Gasteiger charge is 2.19. The van der Waals surface area contributed by atoms with E-state index < -0.39 is 0 Å². The van der Waals surface area contributed by atoms with E-state index in [4.69, 9.17) is 9.47 Å². The summed E-state index contributed by atoms with van der Waals surface area (Å²) in [6.07, 6.45) is 1.60. The molecular formula is C21H20BrN3O3. The largest absolute Gasteiger partial charge is 0.486 e. The molecular weight excluding hydrogens is 422 g/mol. The number of carbonyl (C=O) groups excluding carboxylic acids is 1. The summed E-state index contributed by atoms with van der Waals surface area (Å²) in [5.74, 6) is 1.28. The van der Waals surface area contributed by atoms with Crippen molar-refractivity contribution in [3.05, 3.63) is 70.0 Å². The van der Waals surface area contributed by atoms with Gasteiger partial charge < -0.3 is 14.8 Å². The molecule has 0 spiro atoms. The summed E-state index contributed by atoms with van der Waals surface area (Å²) >= 11 is 3.43. The predicted octanol–water partition coefficient (Wildman–Crippen LogP) is 4.21. The molecule has 1 unspecified atom stereocenters. The average molecular weight is 442 g/mol. The maximum atomic E-state index is 12.8.